The molecule has 2 heterocycles. The van der Waals surface area contributed by atoms with Crippen molar-refractivity contribution in [2.75, 3.05) is 11.4 Å². The van der Waals surface area contributed by atoms with Gasteiger partial charge in [-0.3, -0.25) is 14.8 Å². The van der Waals surface area contributed by atoms with E-state index in [1.165, 1.54) is 11.3 Å². The molecule has 140 valence electrons. The molecule has 28 heavy (non-hydrogen) atoms. The van der Waals surface area contributed by atoms with Crippen molar-refractivity contribution in [2.24, 2.45) is 0 Å². The molecule has 0 unspecified atom stereocenters. The van der Waals surface area contributed by atoms with Crippen LogP contribution in [0.15, 0.2) is 66.0 Å². The first-order valence-electron chi connectivity index (χ1n) is 8.87. The van der Waals surface area contributed by atoms with Gasteiger partial charge in [0.05, 0.1) is 5.57 Å². The first-order chi connectivity index (χ1) is 13.7. The molecule has 2 N–H and O–H groups in total. The van der Waals surface area contributed by atoms with Gasteiger partial charge in [0.2, 0.25) is 0 Å². The fourth-order valence-electron chi connectivity index (χ4n) is 3.33. The average Bonchev–Trinajstić information content (AvgIpc) is 3.41. The maximum absolute atomic E-state index is 13.5. The SMILES string of the molecule is O=C(NO)c1ccc2c(c1)N(C(=O)/C(=C/c1ccccc1)c1cccs1)CC2. The second-order valence-corrected chi connectivity index (χ2v) is 7.38. The van der Waals surface area contributed by atoms with Gasteiger partial charge in [0.1, 0.15) is 0 Å². The summed E-state index contributed by atoms with van der Waals surface area (Å²) in [4.78, 5) is 27.9. The molecule has 1 aromatic heterocycles. The number of thiophene rings is 1. The second-order valence-electron chi connectivity index (χ2n) is 6.44. The summed E-state index contributed by atoms with van der Waals surface area (Å²) in [6.45, 7) is 0.551. The van der Waals surface area contributed by atoms with E-state index >= 15 is 0 Å². The van der Waals surface area contributed by atoms with Crippen LogP contribution in [0.3, 0.4) is 0 Å². The number of anilines is 1. The zero-order chi connectivity index (χ0) is 19.5. The first kappa shape index (κ1) is 18.2. The Hall–Kier alpha value is -3.22. The highest BCUT2D eigenvalue weighted by molar-refractivity contribution is 7.11. The number of nitrogens with zero attached hydrogens (tertiary/aromatic N) is 1. The van der Waals surface area contributed by atoms with Crippen molar-refractivity contribution in [1.82, 2.24) is 5.48 Å². The number of rotatable bonds is 4. The monoisotopic (exact) mass is 390 g/mol. The molecule has 0 bridgehead atoms. The Labute approximate surface area is 166 Å². The molecule has 0 radical (unpaired) electrons. The molecule has 0 atom stereocenters. The Kier molecular flexibility index (Phi) is 5.06. The third kappa shape index (κ3) is 3.47. The third-order valence-corrected chi connectivity index (χ3v) is 5.62. The standard InChI is InChI=1S/C22H18N2O3S/c25-21(23-27)17-9-8-16-10-11-24(19(16)14-17)22(26)18(20-7-4-12-28-20)13-15-5-2-1-3-6-15/h1-9,12-14,27H,10-11H2,(H,23,25)/b18-13+. The fourth-order valence-corrected chi connectivity index (χ4v) is 4.06. The summed E-state index contributed by atoms with van der Waals surface area (Å²) < 4.78 is 0. The van der Waals surface area contributed by atoms with Crippen LogP contribution in [0.2, 0.25) is 0 Å². The van der Waals surface area contributed by atoms with Crippen LogP contribution in [-0.4, -0.2) is 23.6 Å². The summed E-state index contributed by atoms with van der Waals surface area (Å²) in [5, 5.41) is 10.8. The van der Waals surface area contributed by atoms with E-state index < -0.39 is 5.91 Å². The molecule has 5 nitrogen and oxygen atoms in total. The number of hydroxylamine groups is 1. The van der Waals surface area contributed by atoms with Crippen LogP contribution < -0.4 is 10.4 Å². The Balaban J connectivity index is 1.74. The number of benzene rings is 2. The van der Waals surface area contributed by atoms with E-state index in [2.05, 4.69) is 0 Å². The normalized spacial score (nSPS) is 13.3. The molecule has 1 aliphatic rings. The van der Waals surface area contributed by atoms with Crippen LogP contribution in [0, 0.1) is 0 Å². The van der Waals surface area contributed by atoms with Gasteiger partial charge in [-0.05, 0) is 47.2 Å². The van der Waals surface area contributed by atoms with Crippen LogP contribution >= 0.6 is 11.3 Å². The van der Waals surface area contributed by atoms with Crippen LogP contribution in [-0.2, 0) is 11.2 Å². The quantitative estimate of drug-likeness (QED) is 0.402. The van der Waals surface area contributed by atoms with E-state index in [0.717, 1.165) is 22.4 Å². The van der Waals surface area contributed by atoms with Gasteiger partial charge >= 0.3 is 0 Å². The number of carbonyl (C=O) groups is 2. The number of hydrogen-bond acceptors (Lipinski definition) is 4. The lowest BCUT2D eigenvalue weighted by Gasteiger charge is -2.19. The van der Waals surface area contributed by atoms with Crippen molar-refractivity contribution < 1.29 is 14.8 Å². The van der Waals surface area contributed by atoms with Crippen LogP contribution in [0.5, 0.6) is 0 Å². The summed E-state index contributed by atoms with van der Waals surface area (Å²) >= 11 is 1.52. The van der Waals surface area contributed by atoms with Crippen molar-refractivity contribution in [3.63, 3.8) is 0 Å². The zero-order valence-electron chi connectivity index (χ0n) is 15.0. The van der Waals surface area contributed by atoms with Gasteiger partial charge < -0.3 is 4.90 Å². The Bertz CT molecular complexity index is 1040. The third-order valence-electron chi connectivity index (χ3n) is 4.72. The number of fused-ring (bicyclic) bond motifs is 1. The number of hydrogen-bond donors (Lipinski definition) is 2. The van der Waals surface area contributed by atoms with E-state index in [0.29, 0.717) is 23.4 Å². The van der Waals surface area contributed by atoms with Gasteiger partial charge in [-0.2, -0.15) is 0 Å². The van der Waals surface area contributed by atoms with Crippen LogP contribution in [0.4, 0.5) is 5.69 Å². The summed E-state index contributed by atoms with van der Waals surface area (Å²) in [5.41, 5.74) is 5.24. The van der Waals surface area contributed by atoms with Gasteiger partial charge in [0.25, 0.3) is 11.8 Å². The molecule has 4 rings (SSSR count). The molecular weight excluding hydrogens is 372 g/mol. The average molecular weight is 390 g/mol. The minimum atomic E-state index is -0.597. The maximum atomic E-state index is 13.5. The van der Waals surface area contributed by atoms with Crippen molar-refractivity contribution in [3.05, 3.63) is 87.6 Å². The highest BCUT2D eigenvalue weighted by Crippen LogP contribution is 2.33. The van der Waals surface area contributed by atoms with Gasteiger partial charge in [-0.1, -0.05) is 42.5 Å². The topological polar surface area (TPSA) is 69.6 Å². The van der Waals surface area contributed by atoms with E-state index in [1.807, 2.05) is 60.0 Å². The maximum Gasteiger partial charge on any atom is 0.274 e. The summed E-state index contributed by atoms with van der Waals surface area (Å²) in [6, 6.07) is 18.7. The minimum absolute atomic E-state index is 0.105. The molecule has 0 fully saturated rings. The number of carbonyl (C=O) groups excluding carboxylic acids is 2. The Morgan fingerprint density at radius 3 is 2.61 bits per heavy atom. The zero-order valence-corrected chi connectivity index (χ0v) is 15.8. The molecule has 2 aromatic carbocycles. The van der Waals surface area contributed by atoms with Gasteiger partial charge in [0.15, 0.2) is 0 Å². The highest BCUT2D eigenvalue weighted by Gasteiger charge is 2.28. The van der Waals surface area contributed by atoms with E-state index in [4.69, 9.17) is 5.21 Å². The Morgan fingerprint density at radius 1 is 1.07 bits per heavy atom. The lowest BCUT2D eigenvalue weighted by atomic mass is 10.1. The molecular formula is C22H18N2O3S. The van der Waals surface area contributed by atoms with Gasteiger partial charge in [-0.15, -0.1) is 11.3 Å². The van der Waals surface area contributed by atoms with Crippen molar-refractivity contribution in [2.45, 2.75) is 6.42 Å². The lowest BCUT2D eigenvalue weighted by Crippen LogP contribution is -2.29. The summed E-state index contributed by atoms with van der Waals surface area (Å²) in [6.07, 6.45) is 2.63. The van der Waals surface area contributed by atoms with Crippen molar-refractivity contribution in [1.29, 1.82) is 0 Å². The Morgan fingerprint density at radius 2 is 1.89 bits per heavy atom. The predicted molar refractivity (Wildman–Crippen MR) is 110 cm³/mol. The summed E-state index contributed by atoms with van der Waals surface area (Å²) in [5.74, 6) is -0.702. The second kappa shape index (κ2) is 7.80. The van der Waals surface area contributed by atoms with Crippen molar-refractivity contribution >= 4 is 40.5 Å². The first-order valence-corrected chi connectivity index (χ1v) is 9.75. The van der Waals surface area contributed by atoms with Gasteiger partial charge in [0, 0.05) is 22.7 Å². The molecule has 1 aliphatic heterocycles. The van der Waals surface area contributed by atoms with E-state index in [9.17, 15) is 9.59 Å². The molecule has 3 aromatic rings. The van der Waals surface area contributed by atoms with E-state index in [-0.39, 0.29) is 5.91 Å². The smallest absolute Gasteiger partial charge is 0.274 e. The number of nitrogens with one attached hydrogen (secondary N) is 1. The molecule has 0 spiro atoms. The molecule has 0 aliphatic carbocycles. The van der Waals surface area contributed by atoms with Gasteiger partial charge in [-0.25, -0.2) is 5.48 Å². The largest absolute Gasteiger partial charge is 0.308 e. The predicted octanol–water partition coefficient (Wildman–Crippen LogP) is 4.00. The fraction of sp³-hybridized carbons (Fsp3) is 0.0909. The molecule has 6 heteroatoms. The van der Waals surface area contributed by atoms with Crippen LogP contribution in [0.25, 0.3) is 11.6 Å². The molecule has 0 saturated heterocycles. The highest BCUT2D eigenvalue weighted by atomic mass is 32.1. The summed E-state index contributed by atoms with van der Waals surface area (Å²) in [7, 11) is 0. The van der Waals surface area contributed by atoms with Crippen molar-refractivity contribution in [3.8, 4) is 0 Å². The van der Waals surface area contributed by atoms with Crippen LogP contribution in [0.1, 0.15) is 26.4 Å². The molecule has 2 amide bonds. The molecule has 0 saturated carbocycles. The van der Waals surface area contributed by atoms with E-state index in [1.54, 1.807) is 22.5 Å². The minimum Gasteiger partial charge on any atom is -0.308 e. The number of amides is 2. The lowest BCUT2D eigenvalue weighted by molar-refractivity contribution is -0.113.